The largest absolute Gasteiger partial charge is 0.370 e. The first kappa shape index (κ1) is 13.5. The van der Waals surface area contributed by atoms with Crippen molar-refractivity contribution in [3.05, 3.63) is 29.8 Å². The highest BCUT2D eigenvalue weighted by atomic mass is 19.1. The van der Waals surface area contributed by atoms with Crippen molar-refractivity contribution in [2.24, 2.45) is 11.7 Å². The maximum Gasteiger partial charge on any atom is 0.272 e. The van der Waals surface area contributed by atoms with Crippen LogP contribution in [0.3, 0.4) is 0 Å². The second-order valence-corrected chi connectivity index (χ2v) is 4.75. The lowest BCUT2D eigenvalue weighted by molar-refractivity contribution is -0.119. The van der Waals surface area contributed by atoms with Gasteiger partial charge in [0.1, 0.15) is 5.69 Å². The van der Waals surface area contributed by atoms with Gasteiger partial charge in [0.15, 0.2) is 0 Å². The van der Waals surface area contributed by atoms with E-state index in [2.05, 4.69) is 4.98 Å². The molecule has 102 valence electrons. The Bertz CT molecular complexity index is 485. The highest BCUT2D eigenvalue weighted by Gasteiger charge is 2.25. The number of piperidine rings is 1. The predicted molar refractivity (Wildman–Crippen MR) is 66.6 cm³/mol. The number of carbonyl (C=O) groups is 2. The van der Waals surface area contributed by atoms with Crippen LogP contribution in [0.5, 0.6) is 0 Å². The lowest BCUT2D eigenvalue weighted by Crippen LogP contribution is -2.39. The Labute approximate surface area is 110 Å². The molecule has 1 aliphatic heterocycles. The van der Waals surface area contributed by atoms with Gasteiger partial charge < -0.3 is 10.6 Å². The number of amides is 2. The van der Waals surface area contributed by atoms with Gasteiger partial charge in [0.2, 0.25) is 11.9 Å². The van der Waals surface area contributed by atoms with Crippen molar-refractivity contribution in [3.8, 4) is 0 Å². The summed E-state index contributed by atoms with van der Waals surface area (Å²) in [6.45, 7) is 1.10. The minimum atomic E-state index is -0.658. The summed E-state index contributed by atoms with van der Waals surface area (Å²) in [5.41, 5.74) is 5.27. The summed E-state index contributed by atoms with van der Waals surface area (Å²) in [7, 11) is 0. The molecule has 2 heterocycles. The summed E-state index contributed by atoms with van der Waals surface area (Å²) >= 11 is 0. The molecule has 0 aliphatic carbocycles. The highest BCUT2D eigenvalue weighted by molar-refractivity contribution is 5.92. The molecule has 0 unspecified atom stereocenters. The molecule has 0 saturated carbocycles. The molecule has 19 heavy (non-hydrogen) atoms. The van der Waals surface area contributed by atoms with Gasteiger partial charge in [-0.25, -0.2) is 4.98 Å². The Hall–Kier alpha value is -1.98. The van der Waals surface area contributed by atoms with Gasteiger partial charge in [0.25, 0.3) is 5.91 Å². The second-order valence-electron chi connectivity index (χ2n) is 4.75. The van der Waals surface area contributed by atoms with Crippen LogP contribution in [0.25, 0.3) is 0 Å². The Morgan fingerprint density at radius 3 is 2.63 bits per heavy atom. The van der Waals surface area contributed by atoms with E-state index < -0.39 is 5.95 Å². The third-order valence-electron chi connectivity index (χ3n) is 3.33. The number of hydrogen-bond donors (Lipinski definition) is 1. The number of nitrogens with two attached hydrogens (primary N) is 1. The lowest BCUT2D eigenvalue weighted by atomic mass is 9.93. The zero-order valence-corrected chi connectivity index (χ0v) is 10.5. The van der Waals surface area contributed by atoms with Crippen molar-refractivity contribution < 1.29 is 14.0 Å². The van der Waals surface area contributed by atoms with Crippen LogP contribution in [0.2, 0.25) is 0 Å². The van der Waals surface area contributed by atoms with Gasteiger partial charge in [-0.3, -0.25) is 9.59 Å². The molecule has 2 N–H and O–H groups in total. The van der Waals surface area contributed by atoms with Crippen molar-refractivity contribution in [2.45, 2.75) is 19.3 Å². The molecule has 0 radical (unpaired) electrons. The first-order valence-corrected chi connectivity index (χ1v) is 6.26. The van der Waals surface area contributed by atoms with Crippen molar-refractivity contribution in [1.82, 2.24) is 9.88 Å². The topological polar surface area (TPSA) is 76.3 Å². The molecule has 0 atom stereocenters. The van der Waals surface area contributed by atoms with Gasteiger partial charge in [-0.15, -0.1) is 0 Å². The molecule has 2 amide bonds. The van der Waals surface area contributed by atoms with Crippen LogP contribution in [0, 0.1) is 11.9 Å². The Balaban J connectivity index is 1.94. The maximum absolute atomic E-state index is 13.0. The number of aromatic nitrogens is 1. The van der Waals surface area contributed by atoms with E-state index in [4.69, 9.17) is 5.73 Å². The van der Waals surface area contributed by atoms with Crippen LogP contribution < -0.4 is 5.73 Å². The minimum absolute atomic E-state index is 0.119. The molecule has 1 aromatic rings. The van der Waals surface area contributed by atoms with Gasteiger partial charge >= 0.3 is 0 Å². The molecule has 2 rings (SSSR count). The summed E-state index contributed by atoms with van der Waals surface area (Å²) in [4.78, 5) is 28.1. The number of rotatable bonds is 3. The average molecular weight is 265 g/mol. The number of likely N-dealkylation sites (tertiary alicyclic amines) is 1. The molecule has 5 nitrogen and oxygen atoms in total. The number of pyridine rings is 1. The smallest absolute Gasteiger partial charge is 0.272 e. The predicted octanol–water partition coefficient (Wildman–Crippen LogP) is 0.948. The average Bonchev–Trinajstić information content (AvgIpc) is 2.38. The Kier molecular flexibility index (Phi) is 4.09. The van der Waals surface area contributed by atoms with Crippen LogP contribution in [0.15, 0.2) is 18.2 Å². The standard InChI is InChI=1S/C13H16FN3O2/c14-11-3-1-2-10(16-11)13(19)17-6-4-9(5-7-17)8-12(15)18/h1-3,9H,4-8H2,(H2,15,18). The van der Waals surface area contributed by atoms with E-state index >= 15 is 0 Å². The summed E-state index contributed by atoms with van der Waals surface area (Å²) in [6.07, 6.45) is 1.84. The minimum Gasteiger partial charge on any atom is -0.370 e. The maximum atomic E-state index is 13.0. The molecule has 1 saturated heterocycles. The van der Waals surface area contributed by atoms with Crippen LogP contribution in [-0.2, 0) is 4.79 Å². The van der Waals surface area contributed by atoms with Crippen molar-refractivity contribution in [3.63, 3.8) is 0 Å². The van der Waals surface area contributed by atoms with Gasteiger partial charge in [-0.1, -0.05) is 6.07 Å². The van der Waals surface area contributed by atoms with E-state index in [9.17, 15) is 14.0 Å². The van der Waals surface area contributed by atoms with Crippen LogP contribution in [0.1, 0.15) is 29.8 Å². The molecular formula is C13H16FN3O2. The summed E-state index contributed by atoms with van der Waals surface area (Å²) in [5.74, 6) is -0.995. The highest BCUT2D eigenvalue weighted by Crippen LogP contribution is 2.21. The van der Waals surface area contributed by atoms with E-state index in [1.807, 2.05) is 0 Å². The van der Waals surface area contributed by atoms with Crippen molar-refractivity contribution in [1.29, 1.82) is 0 Å². The van der Waals surface area contributed by atoms with E-state index in [0.717, 1.165) is 12.8 Å². The van der Waals surface area contributed by atoms with Gasteiger partial charge in [-0.05, 0) is 30.9 Å². The van der Waals surface area contributed by atoms with E-state index in [1.165, 1.54) is 18.2 Å². The monoisotopic (exact) mass is 265 g/mol. The van der Waals surface area contributed by atoms with Crippen molar-refractivity contribution >= 4 is 11.8 Å². The number of halogens is 1. The molecule has 6 heteroatoms. The fraction of sp³-hybridized carbons (Fsp3) is 0.462. The molecule has 1 aromatic heterocycles. The van der Waals surface area contributed by atoms with Gasteiger partial charge in [0, 0.05) is 19.5 Å². The zero-order valence-electron chi connectivity index (χ0n) is 10.5. The Morgan fingerprint density at radius 1 is 1.37 bits per heavy atom. The van der Waals surface area contributed by atoms with Crippen LogP contribution in [-0.4, -0.2) is 34.8 Å². The van der Waals surface area contributed by atoms with E-state index in [-0.39, 0.29) is 23.4 Å². The second kappa shape index (κ2) is 5.77. The number of primary amides is 1. The van der Waals surface area contributed by atoms with Crippen molar-refractivity contribution in [2.75, 3.05) is 13.1 Å². The molecule has 1 aliphatic rings. The molecule has 1 fully saturated rings. The fourth-order valence-electron chi connectivity index (χ4n) is 2.31. The molecule has 0 bridgehead atoms. The molecule has 0 spiro atoms. The fourth-order valence-corrected chi connectivity index (χ4v) is 2.31. The van der Waals surface area contributed by atoms with E-state index in [1.54, 1.807) is 4.90 Å². The first-order chi connectivity index (χ1) is 9.06. The summed E-state index contributed by atoms with van der Waals surface area (Å²) in [5, 5.41) is 0. The molecular weight excluding hydrogens is 249 g/mol. The number of nitrogens with zero attached hydrogens (tertiary/aromatic N) is 2. The molecule has 0 aromatic carbocycles. The third-order valence-corrected chi connectivity index (χ3v) is 3.33. The summed E-state index contributed by atoms with van der Waals surface area (Å²) < 4.78 is 13.0. The van der Waals surface area contributed by atoms with Gasteiger partial charge in [0.05, 0.1) is 0 Å². The van der Waals surface area contributed by atoms with E-state index in [0.29, 0.717) is 19.5 Å². The zero-order chi connectivity index (χ0) is 13.8. The first-order valence-electron chi connectivity index (χ1n) is 6.26. The Morgan fingerprint density at radius 2 is 2.05 bits per heavy atom. The number of hydrogen-bond acceptors (Lipinski definition) is 3. The normalized spacial score (nSPS) is 16.4. The van der Waals surface area contributed by atoms with Crippen LogP contribution in [0.4, 0.5) is 4.39 Å². The summed E-state index contributed by atoms with van der Waals surface area (Å²) in [6, 6.07) is 4.17. The quantitative estimate of drug-likeness (QED) is 0.827. The lowest BCUT2D eigenvalue weighted by Gasteiger charge is -2.31. The SMILES string of the molecule is NC(=O)CC1CCN(C(=O)c2cccc(F)n2)CC1. The number of carbonyl (C=O) groups excluding carboxylic acids is 2. The van der Waals surface area contributed by atoms with Crippen LogP contribution >= 0.6 is 0 Å². The van der Waals surface area contributed by atoms with Gasteiger partial charge in [-0.2, -0.15) is 4.39 Å². The third kappa shape index (κ3) is 3.49.